The zero-order chi connectivity index (χ0) is 21.1. The first-order chi connectivity index (χ1) is 13.2. The molecule has 1 N–H and O–H groups in total. The molecule has 4 nitrogen and oxygen atoms in total. The second-order valence-corrected chi connectivity index (χ2v) is 14.7. The fraction of sp³-hybridized carbons (Fsp3) is 0.571. The highest BCUT2D eigenvalue weighted by Gasteiger charge is 2.47. The van der Waals surface area contributed by atoms with E-state index in [-0.39, 0.29) is 6.61 Å². The first-order valence-electron chi connectivity index (χ1n) is 9.79. The molecule has 1 aromatic carbocycles. The van der Waals surface area contributed by atoms with Gasteiger partial charge in [-0.1, -0.05) is 53.1 Å². The van der Waals surface area contributed by atoms with Crippen LogP contribution in [0.4, 0.5) is 0 Å². The summed E-state index contributed by atoms with van der Waals surface area (Å²) in [5.41, 5.74) is 3.01. The molecule has 0 aliphatic carbocycles. The van der Waals surface area contributed by atoms with Crippen LogP contribution in [0.2, 0.25) is 21.6 Å². The van der Waals surface area contributed by atoms with Gasteiger partial charge in [-0.25, -0.2) is 4.98 Å². The van der Waals surface area contributed by atoms with E-state index in [1.54, 1.807) is 7.11 Å². The lowest BCUT2D eigenvalue weighted by atomic mass is 10.1. The van der Waals surface area contributed by atoms with E-state index in [2.05, 4.69) is 46.5 Å². The van der Waals surface area contributed by atoms with Crippen LogP contribution in [0.3, 0.4) is 0 Å². The minimum Gasteiger partial charge on any atom is -0.543 e. The van der Waals surface area contributed by atoms with Gasteiger partial charge in [0.15, 0.2) is 0 Å². The Balaban J connectivity index is 2.55. The molecule has 0 saturated heterocycles. The summed E-state index contributed by atoms with van der Waals surface area (Å²) in [7, 11) is -0.488. The molecule has 0 spiro atoms. The monoisotopic (exact) mass is 441 g/mol. The second-order valence-electron chi connectivity index (χ2n) is 8.01. The lowest BCUT2D eigenvalue weighted by molar-refractivity contribution is 0.299. The van der Waals surface area contributed by atoms with Crippen molar-refractivity contribution in [2.45, 2.75) is 64.6 Å². The van der Waals surface area contributed by atoms with Crippen LogP contribution in [0, 0.1) is 0 Å². The first kappa shape index (κ1) is 23.2. The van der Waals surface area contributed by atoms with E-state index in [9.17, 15) is 5.11 Å². The van der Waals surface area contributed by atoms with E-state index in [4.69, 9.17) is 20.8 Å². The van der Waals surface area contributed by atoms with Crippen LogP contribution in [-0.2, 0) is 6.42 Å². The number of thiazole rings is 1. The van der Waals surface area contributed by atoms with Crippen LogP contribution in [-0.4, -0.2) is 32.1 Å². The number of halogens is 1. The standard InChI is InChI=1S/C21H32ClNO3SSi/c1-13(2)28(14(3)4,15(5)6)26-16-10-17(21(25-7)18(22)11-16)19-12-27-20(23-19)8-9-24/h10-15,24H,8-9H2,1-7H3. The van der Waals surface area contributed by atoms with Crippen LogP contribution in [0.25, 0.3) is 11.3 Å². The molecule has 0 amide bonds. The van der Waals surface area contributed by atoms with Gasteiger partial charge in [-0.15, -0.1) is 11.3 Å². The average molecular weight is 442 g/mol. The third-order valence-corrected chi connectivity index (χ3v) is 12.6. The Bertz CT molecular complexity index is 770. The van der Waals surface area contributed by atoms with Gasteiger partial charge >= 0.3 is 0 Å². The van der Waals surface area contributed by atoms with Crippen molar-refractivity contribution >= 4 is 31.3 Å². The molecule has 0 fully saturated rings. The van der Waals surface area contributed by atoms with Crippen molar-refractivity contribution in [2.75, 3.05) is 13.7 Å². The second kappa shape index (κ2) is 9.61. The van der Waals surface area contributed by atoms with Gasteiger partial charge in [-0.2, -0.15) is 0 Å². The molecular weight excluding hydrogens is 410 g/mol. The Kier molecular flexibility index (Phi) is 7.96. The molecule has 0 atom stereocenters. The molecule has 156 valence electrons. The smallest absolute Gasteiger partial charge is 0.258 e. The van der Waals surface area contributed by atoms with Gasteiger partial charge in [0.25, 0.3) is 8.32 Å². The summed E-state index contributed by atoms with van der Waals surface area (Å²) < 4.78 is 12.4. The zero-order valence-electron chi connectivity index (χ0n) is 17.9. The Morgan fingerprint density at radius 1 is 1.11 bits per heavy atom. The number of aliphatic hydroxyl groups is 1. The Morgan fingerprint density at radius 3 is 2.21 bits per heavy atom. The van der Waals surface area contributed by atoms with E-state index in [0.29, 0.717) is 33.8 Å². The molecule has 7 heteroatoms. The largest absolute Gasteiger partial charge is 0.543 e. The van der Waals surface area contributed by atoms with Crippen molar-refractivity contribution in [2.24, 2.45) is 0 Å². The summed E-state index contributed by atoms with van der Waals surface area (Å²) in [6, 6.07) is 3.86. The maximum atomic E-state index is 9.18. The third kappa shape index (κ3) is 4.56. The molecule has 0 aliphatic heterocycles. The van der Waals surface area contributed by atoms with Crippen LogP contribution >= 0.6 is 22.9 Å². The van der Waals surface area contributed by atoms with E-state index >= 15 is 0 Å². The maximum absolute atomic E-state index is 9.18. The molecule has 1 heterocycles. The SMILES string of the molecule is COc1c(Cl)cc(O[Si](C(C)C)(C(C)C)C(C)C)cc1-c1csc(CCO)n1. The molecular formula is C21H32ClNO3SSi. The van der Waals surface area contributed by atoms with Crippen molar-refractivity contribution in [3.63, 3.8) is 0 Å². The summed E-state index contributed by atoms with van der Waals surface area (Å²) in [5.74, 6) is 1.38. The average Bonchev–Trinajstić information content (AvgIpc) is 3.07. The highest BCUT2D eigenvalue weighted by molar-refractivity contribution is 7.09. The Labute approximate surface area is 179 Å². The summed E-state index contributed by atoms with van der Waals surface area (Å²) >= 11 is 8.09. The minimum atomic E-state index is -2.10. The maximum Gasteiger partial charge on any atom is 0.258 e. The fourth-order valence-corrected chi connectivity index (χ4v) is 10.5. The van der Waals surface area contributed by atoms with E-state index in [1.807, 2.05) is 17.5 Å². The lowest BCUT2D eigenvalue weighted by Crippen LogP contribution is -2.50. The number of aromatic nitrogens is 1. The molecule has 0 aliphatic rings. The number of benzene rings is 1. The predicted molar refractivity (Wildman–Crippen MR) is 122 cm³/mol. The molecule has 28 heavy (non-hydrogen) atoms. The number of ether oxygens (including phenoxy) is 1. The van der Waals surface area contributed by atoms with Gasteiger partial charge in [0.05, 0.1) is 22.8 Å². The van der Waals surface area contributed by atoms with Crippen LogP contribution in [0.1, 0.15) is 46.6 Å². The molecule has 0 saturated carbocycles. The van der Waals surface area contributed by atoms with Gasteiger partial charge in [-0.05, 0) is 22.7 Å². The van der Waals surface area contributed by atoms with Crippen LogP contribution in [0.15, 0.2) is 17.5 Å². The topological polar surface area (TPSA) is 51.6 Å². The third-order valence-electron chi connectivity index (χ3n) is 5.38. The number of rotatable bonds is 9. The molecule has 0 radical (unpaired) electrons. The summed E-state index contributed by atoms with van der Waals surface area (Å²) in [5, 5.41) is 12.6. The molecule has 0 unspecified atom stereocenters. The highest BCUT2D eigenvalue weighted by atomic mass is 35.5. The van der Waals surface area contributed by atoms with Gasteiger partial charge in [0.2, 0.25) is 0 Å². The Morgan fingerprint density at radius 2 is 1.71 bits per heavy atom. The van der Waals surface area contributed by atoms with Crippen LogP contribution < -0.4 is 9.16 Å². The number of aliphatic hydroxyl groups excluding tert-OH is 1. The molecule has 0 bridgehead atoms. The zero-order valence-corrected chi connectivity index (χ0v) is 20.4. The summed E-state index contributed by atoms with van der Waals surface area (Å²) in [6.07, 6.45) is 0.543. The van der Waals surface area contributed by atoms with Gasteiger partial charge in [0, 0.05) is 30.0 Å². The highest BCUT2D eigenvalue weighted by Crippen LogP contribution is 2.46. The van der Waals surface area contributed by atoms with Gasteiger partial charge < -0.3 is 14.3 Å². The van der Waals surface area contributed by atoms with Gasteiger partial charge in [0.1, 0.15) is 11.5 Å². The fourth-order valence-electron chi connectivity index (χ4n) is 4.23. The molecule has 2 aromatic rings. The summed E-state index contributed by atoms with van der Waals surface area (Å²) in [6.45, 7) is 13.7. The van der Waals surface area contributed by atoms with Crippen molar-refractivity contribution in [3.05, 3.63) is 27.5 Å². The number of hydrogen-bond donors (Lipinski definition) is 1. The van der Waals surface area contributed by atoms with E-state index < -0.39 is 8.32 Å². The van der Waals surface area contributed by atoms with Crippen LogP contribution in [0.5, 0.6) is 11.5 Å². The van der Waals surface area contributed by atoms with Crippen molar-refractivity contribution < 1.29 is 14.3 Å². The van der Waals surface area contributed by atoms with E-state index in [1.165, 1.54) is 11.3 Å². The quantitative estimate of drug-likeness (QED) is 0.447. The van der Waals surface area contributed by atoms with E-state index in [0.717, 1.165) is 22.0 Å². The summed E-state index contributed by atoms with van der Waals surface area (Å²) in [4.78, 5) is 4.64. The van der Waals surface area contributed by atoms with Crippen molar-refractivity contribution in [3.8, 4) is 22.8 Å². The normalized spacial score (nSPS) is 12.3. The predicted octanol–water partition coefficient (Wildman–Crippen LogP) is 6.56. The number of methoxy groups -OCH3 is 1. The number of nitrogens with zero attached hydrogens (tertiary/aromatic N) is 1. The number of hydrogen-bond acceptors (Lipinski definition) is 5. The molecule has 1 aromatic heterocycles. The Hall–Kier alpha value is -1.08. The molecule has 2 rings (SSSR count). The first-order valence-corrected chi connectivity index (χ1v) is 13.2. The minimum absolute atomic E-state index is 0.0826. The van der Waals surface area contributed by atoms with Crippen molar-refractivity contribution in [1.82, 2.24) is 4.98 Å². The van der Waals surface area contributed by atoms with Crippen molar-refractivity contribution in [1.29, 1.82) is 0 Å². The van der Waals surface area contributed by atoms with Gasteiger partial charge in [-0.3, -0.25) is 0 Å². The lowest BCUT2D eigenvalue weighted by Gasteiger charge is -2.42.